The van der Waals surface area contributed by atoms with E-state index >= 15 is 0 Å². The second-order valence-corrected chi connectivity index (χ2v) is 6.33. The minimum atomic E-state index is -3.29. The van der Waals surface area contributed by atoms with Crippen LogP contribution in [0.5, 0.6) is 5.75 Å². The van der Waals surface area contributed by atoms with Crippen molar-refractivity contribution in [2.75, 3.05) is 6.61 Å². The molecule has 9 heteroatoms. The maximum absolute atomic E-state index is 13.8. The van der Waals surface area contributed by atoms with Crippen LogP contribution in [0.1, 0.15) is 11.6 Å². The maximum Gasteiger partial charge on any atom is 0.408 e. The van der Waals surface area contributed by atoms with Crippen molar-refractivity contribution in [2.45, 2.75) is 12.0 Å². The molecule has 0 aliphatic carbocycles. The summed E-state index contributed by atoms with van der Waals surface area (Å²) in [5, 5.41) is 11.8. The fourth-order valence-electron chi connectivity index (χ4n) is 1.65. The molecule has 0 saturated carbocycles. The third-order valence-electron chi connectivity index (χ3n) is 2.55. The first-order chi connectivity index (χ1) is 8.74. The van der Waals surface area contributed by atoms with Gasteiger partial charge in [0.2, 0.25) is 0 Å². The van der Waals surface area contributed by atoms with E-state index in [1.165, 1.54) is 6.07 Å². The van der Waals surface area contributed by atoms with Crippen LogP contribution in [0.15, 0.2) is 19.5 Å². The second-order valence-electron chi connectivity index (χ2n) is 3.83. The zero-order valence-electron chi connectivity index (χ0n) is 9.02. The molecule has 0 spiro atoms. The monoisotopic (exact) mass is 463 g/mol. The van der Waals surface area contributed by atoms with Gasteiger partial charge < -0.3 is 15.2 Å². The Morgan fingerprint density at radius 2 is 2.00 bits per heavy atom. The number of nitrogens with one attached hydrogen (secondary N) is 1. The number of aromatic hydroxyl groups is 1. The molecular formula is C10H6Br3F2NO3. The lowest BCUT2D eigenvalue weighted by Crippen LogP contribution is -2.49. The Morgan fingerprint density at radius 3 is 2.63 bits per heavy atom. The Hall–Kier alpha value is -0.410. The molecule has 0 radical (unpaired) electrons. The molecule has 1 heterocycles. The number of carbonyl (C=O) groups excluding carboxylic acids is 1. The summed E-state index contributed by atoms with van der Waals surface area (Å²) in [4.78, 5) is 11.1. The molecule has 0 unspecified atom stereocenters. The number of hydrogen-bond donors (Lipinski definition) is 2. The topological polar surface area (TPSA) is 58.6 Å². The standard InChI is InChI=1S/C10H6Br3F2NO3/c11-3-1-4(12)7(17)6(13)5(3)8-10(14,15)2-19-9(18)16-8/h1,8,17H,2H2,(H,16,18)/t8-/m1/s1. The Bertz CT molecular complexity index is 553. The Balaban J connectivity index is 2.57. The number of cyclic esters (lactones) is 1. The third kappa shape index (κ3) is 2.73. The number of phenolic OH excluding ortho intramolecular Hbond substituents is 1. The SMILES string of the molecule is O=C1N[C@H](c2c(Br)cc(Br)c(O)c2Br)C(F)(F)CO1. The zero-order valence-corrected chi connectivity index (χ0v) is 13.8. The minimum Gasteiger partial charge on any atom is -0.506 e. The number of amides is 1. The zero-order chi connectivity index (χ0) is 14.4. The first-order valence-electron chi connectivity index (χ1n) is 4.91. The number of alkyl carbamates (subject to hydrolysis) is 1. The van der Waals surface area contributed by atoms with Crippen LogP contribution in [-0.2, 0) is 4.74 Å². The summed E-state index contributed by atoms with van der Waals surface area (Å²) in [7, 11) is 0. The molecule has 1 aromatic carbocycles. The molecule has 4 nitrogen and oxygen atoms in total. The van der Waals surface area contributed by atoms with Crippen LogP contribution in [0, 0.1) is 0 Å². The molecule has 1 fully saturated rings. The summed E-state index contributed by atoms with van der Waals surface area (Å²) in [5.41, 5.74) is 0.0438. The molecule has 19 heavy (non-hydrogen) atoms. The van der Waals surface area contributed by atoms with Gasteiger partial charge in [0.15, 0.2) is 6.61 Å². The van der Waals surface area contributed by atoms with Gasteiger partial charge in [0, 0.05) is 10.0 Å². The predicted molar refractivity (Wildman–Crippen MR) is 73.4 cm³/mol. The van der Waals surface area contributed by atoms with Gasteiger partial charge in [0.1, 0.15) is 11.8 Å². The van der Waals surface area contributed by atoms with Gasteiger partial charge in [-0.1, -0.05) is 15.9 Å². The van der Waals surface area contributed by atoms with Crippen LogP contribution in [0.25, 0.3) is 0 Å². The average Bonchev–Trinajstić information content (AvgIpc) is 2.31. The smallest absolute Gasteiger partial charge is 0.408 e. The molecule has 0 bridgehead atoms. The van der Waals surface area contributed by atoms with Gasteiger partial charge in [-0.25, -0.2) is 13.6 Å². The molecule has 1 atom stereocenters. The Labute approximate surface area is 131 Å². The lowest BCUT2D eigenvalue weighted by Gasteiger charge is -2.33. The summed E-state index contributed by atoms with van der Waals surface area (Å²) in [5.74, 6) is -3.52. The van der Waals surface area contributed by atoms with E-state index in [1.807, 2.05) is 0 Å². The highest BCUT2D eigenvalue weighted by Crippen LogP contribution is 2.46. The van der Waals surface area contributed by atoms with E-state index in [-0.39, 0.29) is 15.8 Å². The van der Waals surface area contributed by atoms with Gasteiger partial charge in [0.05, 0.1) is 8.95 Å². The summed E-state index contributed by atoms with van der Waals surface area (Å²) in [6, 6.07) is -0.177. The molecule has 2 N–H and O–H groups in total. The summed E-state index contributed by atoms with van der Waals surface area (Å²) >= 11 is 9.28. The van der Waals surface area contributed by atoms with Gasteiger partial charge in [0.25, 0.3) is 0 Å². The van der Waals surface area contributed by atoms with Crippen molar-refractivity contribution >= 4 is 53.9 Å². The van der Waals surface area contributed by atoms with Crippen molar-refractivity contribution in [3.63, 3.8) is 0 Å². The van der Waals surface area contributed by atoms with E-state index in [0.717, 1.165) is 0 Å². The van der Waals surface area contributed by atoms with E-state index in [0.29, 0.717) is 8.95 Å². The molecule has 2 rings (SSSR count). The molecule has 1 saturated heterocycles. The highest BCUT2D eigenvalue weighted by atomic mass is 79.9. The van der Waals surface area contributed by atoms with Gasteiger partial charge in [-0.15, -0.1) is 0 Å². The van der Waals surface area contributed by atoms with Crippen molar-refractivity contribution < 1.29 is 23.4 Å². The fraction of sp³-hybridized carbons (Fsp3) is 0.300. The largest absolute Gasteiger partial charge is 0.506 e. The van der Waals surface area contributed by atoms with Crippen molar-refractivity contribution in [3.05, 3.63) is 25.0 Å². The number of rotatable bonds is 1. The molecule has 1 aliphatic rings. The van der Waals surface area contributed by atoms with Crippen LogP contribution in [0.3, 0.4) is 0 Å². The number of hydrogen-bond acceptors (Lipinski definition) is 3. The second kappa shape index (κ2) is 5.17. The summed E-state index contributed by atoms with van der Waals surface area (Å²) in [6.45, 7) is -1.01. The van der Waals surface area contributed by atoms with Gasteiger partial charge in [-0.2, -0.15) is 0 Å². The first-order valence-corrected chi connectivity index (χ1v) is 7.29. The first kappa shape index (κ1) is 15.0. The number of benzene rings is 1. The number of carbonyl (C=O) groups is 1. The lowest BCUT2D eigenvalue weighted by molar-refractivity contribution is -0.104. The van der Waals surface area contributed by atoms with Crippen molar-refractivity contribution in [2.24, 2.45) is 0 Å². The normalized spacial score (nSPS) is 21.7. The number of halogens is 5. The van der Waals surface area contributed by atoms with Gasteiger partial charge in [-0.3, -0.25) is 0 Å². The van der Waals surface area contributed by atoms with Crippen LogP contribution < -0.4 is 5.32 Å². The molecule has 1 aromatic rings. The van der Waals surface area contributed by atoms with E-state index in [1.54, 1.807) is 0 Å². The van der Waals surface area contributed by atoms with Crippen LogP contribution in [0.2, 0.25) is 0 Å². The lowest BCUT2D eigenvalue weighted by atomic mass is 10.00. The molecular weight excluding hydrogens is 460 g/mol. The Morgan fingerprint density at radius 1 is 1.37 bits per heavy atom. The molecule has 104 valence electrons. The summed E-state index contributed by atoms with van der Waals surface area (Å²) < 4.78 is 32.7. The molecule has 0 aromatic heterocycles. The summed E-state index contributed by atoms with van der Waals surface area (Å²) in [6.07, 6.45) is -0.933. The predicted octanol–water partition coefficient (Wildman–Crippen LogP) is 4.10. The van der Waals surface area contributed by atoms with Gasteiger partial charge >= 0.3 is 12.0 Å². The van der Waals surface area contributed by atoms with Gasteiger partial charge in [-0.05, 0) is 37.9 Å². The molecule has 1 aliphatic heterocycles. The number of alkyl halides is 2. The number of phenols is 1. The Kier molecular flexibility index (Phi) is 4.08. The van der Waals surface area contributed by atoms with Crippen molar-refractivity contribution in [3.8, 4) is 5.75 Å². The van der Waals surface area contributed by atoms with Crippen LogP contribution >= 0.6 is 47.8 Å². The fourth-order valence-corrected chi connectivity index (χ4v) is 4.23. The van der Waals surface area contributed by atoms with Crippen molar-refractivity contribution in [1.29, 1.82) is 0 Å². The quantitative estimate of drug-likeness (QED) is 0.656. The van der Waals surface area contributed by atoms with E-state index < -0.39 is 24.7 Å². The van der Waals surface area contributed by atoms with E-state index in [4.69, 9.17) is 0 Å². The molecule has 1 amide bonds. The highest BCUT2D eigenvalue weighted by molar-refractivity contribution is 9.11. The average molecular weight is 466 g/mol. The van der Waals surface area contributed by atoms with Crippen LogP contribution in [0.4, 0.5) is 13.6 Å². The van der Waals surface area contributed by atoms with E-state index in [9.17, 15) is 18.7 Å². The maximum atomic E-state index is 13.8. The highest BCUT2D eigenvalue weighted by Gasteiger charge is 2.48. The van der Waals surface area contributed by atoms with E-state index in [2.05, 4.69) is 57.8 Å². The third-order valence-corrected chi connectivity index (χ3v) is 4.61. The number of ether oxygens (including phenoxy) is 1. The van der Waals surface area contributed by atoms with Crippen LogP contribution in [-0.4, -0.2) is 23.7 Å². The van der Waals surface area contributed by atoms with Crippen molar-refractivity contribution in [1.82, 2.24) is 5.32 Å². The minimum absolute atomic E-state index is 0.0438.